The quantitative estimate of drug-likeness (QED) is 0.847. The highest BCUT2D eigenvalue weighted by atomic mass is 16.2. The second-order valence-corrected chi connectivity index (χ2v) is 6.74. The lowest BCUT2D eigenvalue weighted by Gasteiger charge is -2.17. The summed E-state index contributed by atoms with van der Waals surface area (Å²) in [5, 5.41) is 6.06. The molecule has 2 N–H and O–H groups in total. The minimum absolute atomic E-state index is 0.00493. The highest BCUT2D eigenvalue weighted by molar-refractivity contribution is 5.81. The standard InChI is InChI=1S/C19H26N4O2/c1-3-17(24)20-13(2)19-22-15-10-6-7-11-16(15)23(19)12-18(25)21-14-8-4-5-9-14/h6-7,10-11,13-14H,3-5,8-9,12H2,1-2H3,(H,20,24)(H,21,25). The van der Waals surface area contributed by atoms with Crippen LogP contribution in [0.2, 0.25) is 0 Å². The van der Waals surface area contributed by atoms with Gasteiger partial charge in [0.1, 0.15) is 12.4 Å². The van der Waals surface area contributed by atoms with Crippen molar-refractivity contribution in [3.63, 3.8) is 0 Å². The Balaban J connectivity index is 1.84. The maximum atomic E-state index is 12.5. The topological polar surface area (TPSA) is 76.0 Å². The number of benzene rings is 1. The van der Waals surface area contributed by atoms with Crippen LogP contribution in [0.5, 0.6) is 0 Å². The van der Waals surface area contributed by atoms with E-state index in [9.17, 15) is 9.59 Å². The lowest BCUT2D eigenvalue weighted by Crippen LogP contribution is -2.36. The van der Waals surface area contributed by atoms with E-state index < -0.39 is 0 Å². The molecule has 1 aromatic carbocycles. The van der Waals surface area contributed by atoms with Gasteiger partial charge in [-0.3, -0.25) is 9.59 Å². The Morgan fingerprint density at radius 2 is 1.96 bits per heavy atom. The molecule has 0 aliphatic heterocycles. The normalized spacial score (nSPS) is 16.1. The summed E-state index contributed by atoms with van der Waals surface area (Å²) in [6.07, 6.45) is 4.92. The van der Waals surface area contributed by atoms with Crippen molar-refractivity contribution in [2.75, 3.05) is 0 Å². The summed E-state index contributed by atoms with van der Waals surface area (Å²) in [6.45, 7) is 3.94. The van der Waals surface area contributed by atoms with Crippen LogP contribution in [0.1, 0.15) is 57.8 Å². The van der Waals surface area contributed by atoms with E-state index in [0.29, 0.717) is 18.3 Å². The summed E-state index contributed by atoms with van der Waals surface area (Å²) in [5.74, 6) is 0.691. The van der Waals surface area contributed by atoms with E-state index in [4.69, 9.17) is 0 Å². The van der Waals surface area contributed by atoms with Crippen molar-refractivity contribution in [2.45, 2.75) is 64.6 Å². The molecule has 1 aliphatic rings. The average Bonchev–Trinajstić information content (AvgIpc) is 3.23. The smallest absolute Gasteiger partial charge is 0.240 e. The zero-order valence-corrected chi connectivity index (χ0v) is 14.9. The summed E-state index contributed by atoms with van der Waals surface area (Å²) in [4.78, 5) is 28.9. The van der Waals surface area contributed by atoms with Gasteiger partial charge in [-0.1, -0.05) is 31.9 Å². The van der Waals surface area contributed by atoms with Gasteiger partial charge in [0.15, 0.2) is 0 Å². The predicted molar refractivity (Wildman–Crippen MR) is 97.0 cm³/mol. The van der Waals surface area contributed by atoms with E-state index in [2.05, 4.69) is 15.6 Å². The number of nitrogens with one attached hydrogen (secondary N) is 2. The van der Waals surface area contributed by atoms with E-state index in [1.807, 2.05) is 42.7 Å². The monoisotopic (exact) mass is 342 g/mol. The van der Waals surface area contributed by atoms with E-state index in [-0.39, 0.29) is 24.4 Å². The molecule has 1 aromatic heterocycles. The average molecular weight is 342 g/mol. The third-order valence-corrected chi connectivity index (χ3v) is 4.79. The van der Waals surface area contributed by atoms with E-state index >= 15 is 0 Å². The molecule has 6 heteroatoms. The molecule has 2 aromatic rings. The first kappa shape index (κ1) is 17.5. The van der Waals surface area contributed by atoms with Gasteiger partial charge in [0.05, 0.1) is 17.1 Å². The second-order valence-electron chi connectivity index (χ2n) is 6.74. The molecule has 6 nitrogen and oxygen atoms in total. The van der Waals surface area contributed by atoms with Crippen molar-refractivity contribution in [3.8, 4) is 0 Å². The molecular weight excluding hydrogens is 316 g/mol. The Labute approximate surface area is 148 Å². The van der Waals surface area contributed by atoms with Gasteiger partial charge in [0.2, 0.25) is 11.8 Å². The first-order chi connectivity index (χ1) is 12.1. The summed E-state index contributed by atoms with van der Waals surface area (Å²) in [7, 11) is 0. The molecule has 1 atom stereocenters. The van der Waals surface area contributed by atoms with Crippen LogP contribution in [-0.4, -0.2) is 27.4 Å². The number of rotatable bonds is 6. The maximum Gasteiger partial charge on any atom is 0.240 e. The molecule has 0 spiro atoms. The number of carbonyl (C=O) groups is 2. The van der Waals surface area contributed by atoms with Gasteiger partial charge in [-0.2, -0.15) is 0 Å². The number of fused-ring (bicyclic) bond motifs is 1. The molecule has 25 heavy (non-hydrogen) atoms. The molecule has 0 bridgehead atoms. The lowest BCUT2D eigenvalue weighted by atomic mass is 10.2. The zero-order chi connectivity index (χ0) is 17.8. The number of hydrogen-bond donors (Lipinski definition) is 2. The second kappa shape index (κ2) is 7.68. The fourth-order valence-corrected chi connectivity index (χ4v) is 3.49. The Kier molecular flexibility index (Phi) is 5.36. The summed E-state index contributed by atoms with van der Waals surface area (Å²) < 4.78 is 1.92. The molecule has 1 fully saturated rings. The van der Waals surface area contributed by atoms with Crippen molar-refractivity contribution in [3.05, 3.63) is 30.1 Å². The number of amides is 2. The molecule has 1 heterocycles. The van der Waals surface area contributed by atoms with Crippen LogP contribution in [0, 0.1) is 0 Å². The molecule has 0 radical (unpaired) electrons. The van der Waals surface area contributed by atoms with Gasteiger partial charge in [0, 0.05) is 12.5 Å². The van der Waals surface area contributed by atoms with Crippen molar-refractivity contribution >= 4 is 22.8 Å². The molecule has 1 aliphatic carbocycles. The van der Waals surface area contributed by atoms with Crippen LogP contribution >= 0.6 is 0 Å². The molecule has 134 valence electrons. The van der Waals surface area contributed by atoms with E-state index in [0.717, 1.165) is 23.9 Å². The largest absolute Gasteiger partial charge is 0.352 e. The van der Waals surface area contributed by atoms with Crippen LogP contribution in [0.25, 0.3) is 11.0 Å². The van der Waals surface area contributed by atoms with E-state index in [1.165, 1.54) is 12.8 Å². The number of imidazole rings is 1. The summed E-state index contributed by atoms with van der Waals surface area (Å²) >= 11 is 0. The lowest BCUT2D eigenvalue weighted by molar-refractivity contribution is -0.122. The Hall–Kier alpha value is -2.37. The highest BCUT2D eigenvalue weighted by Crippen LogP contribution is 2.22. The zero-order valence-electron chi connectivity index (χ0n) is 14.9. The van der Waals surface area contributed by atoms with Crippen molar-refractivity contribution in [2.24, 2.45) is 0 Å². The number of hydrogen-bond acceptors (Lipinski definition) is 3. The van der Waals surface area contributed by atoms with Gasteiger partial charge in [-0.25, -0.2) is 4.98 Å². The van der Waals surface area contributed by atoms with Crippen LogP contribution in [-0.2, 0) is 16.1 Å². The first-order valence-electron chi connectivity index (χ1n) is 9.12. The maximum absolute atomic E-state index is 12.5. The molecule has 1 saturated carbocycles. The summed E-state index contributed by atoms with van der Waals surface area (Å²) in [6, 6.07) is 7.80. The molecule has 3 rings (SSSR count). The number of para-hydroxylation sites is 2. The highest BCUT2D eigenvalue weighted by Gasteiger charge is 2.21. The third-order valence-electron chi connectivity index (χ3n) is 4.79. The molecular formula is C19H26N4O2. The van der Waals surface area contributed by atoms with Crippen LogP contribution in [0.4, 0.5) is 0 Å². The van der Waals surface area contributed by atoms with Gasteiger partial charge >= 0.3 is 0 Å². The van der Waals surface area contributed by atoms with Crippen LogP contribution in [0.15, 0.2) is 24.3 Å². The predicted octanol–water partition coefficient (Wildman–Crippen LogP) is 2.68. The summed E-state index contributed by atoms with van der Waals surface area (Å²) in [5.41, 5.74) is 1.75. The third kappa shape index (κ3) is 4.00. The molecule has 2 amide bonds. The molecule has 1 unspecified atom stereocenters. The minimum Gasteiger partial charge on any atom is -0.352 e. The Morgan fingerprint density at radius 1 is 1.24 bits per heavy atom. The van der Waals surface area contributed by atoms with E-state index in [1.54, 1.807) is 0 Å². The minimum atomic E-state index is -0.251. The van der Waals surface area contributed by atoms with Crippen molar-refractivity contribution in [1.82, 2.24) is 20.2 Å². The molecule has 0 saturated heterocycles. The first-order valence-corrected chi connectivity index (χ1v) is 9.12. The van der Waals surface area contributed by atoms with Gasteiger partial charge in [-0.05, 0) is 31.9 Å². The Bertz CT molecular complexity index is 762. The fraction of sp³-hybridized carbons (Fsp3) is 0.526. The van der Waals surface area contributed by atoms with Crippen molar-refractivity contribution < 1.29 is 9.59 Å². The van der Waals surface area contributed by atoms with Gasteiger partial charge < -0.3 is 15.2 Å². The van der Waals surface area contributed by atoms with Gasteiger partial charge in [0.25, 0.3) is 0 Å². The van der Waals surface area contributed by atoms with Gasteiger partial charge in [-0.15, -0.1) is 0 Å². The fourth-order valence-electron chi connectivity index (χ4n) is 3.49. The number of carbonyl (C=O) groups excluding carboxylic acids is 2. The number of nitrogens with zero attached hydrogens (tertiary/aromatic N) is 2. The van der Waals surface area contributed by atoms with Crippen LogP contribution in [0.3, 0.4) is 0 Å². The Morgan fingerprint density at radius 3 is 2.68 bits per heavy atom. The SMILES string of the molecule is CCC(=O)NC(C)c1nc2ccccc2n1CC(=O)NC1CCCC1. The number of aromatic nitrogens is 2. The van der Waals surface area contributed by atoms with Crippen molar-refractivity contribution in [1.29, 1.82) is 0 Å². The van der Waals surface area contributed by atoms with Crippen LogP contribution < -0.4 is 10.6 Å².